The maximum absolute atomic E-state index is 14.1. The van der Waals surface area contributed by atoms with Crippen molar-refractivity contribution in [2.24, 2.45) is 29.6 Å². The number of aromatic nitrogens is 1. The van der Waals surface area contributed by atoms with Gasteiger partial charge in [0.1, 0.15) is 11.5 Å². The predicted molar refractivity (Wildman–Crippen MR) is 189 cm³/mol. The summed E-state index contributed by atoms with van der Waals surface area (Å²) in [6, 6.07) is 19.7. The number of carbonyl (C=O) groups is 3. The molecule has 50 heavy (non-hydrogen) atoms. The smallest absolute Gasteiger partial charge is 0.305 e. The van der Waals surface area contributed by atoms with E-state index in [-0.39, 0.29) is 58.1 Å². The quantitative estimate of drug-likeness (QED) is 0.203. The Morgan fingerprint density at radius 2 is 1.56 bits per heavy atom. The molecule has 11 nitrogen and oxygen atoms in total. The molecule has 3 aromatic carbocycles. The van der Waals surface area contributed by atoms with E-state index >= 15 is 0 Å². The maximum atomic E-state index is 14.1. The molecule has 4 unspecified atom stereocenters. The fraction of sp³-hybridized carbons (Fsp3) is 0.351. The lowest BCUT2D eigenvalue weighted by Gasteiger charge is -2.43. The van der Waals surface area contributed by atoms with Gasteiger partial charge < -0.3 is 29.2 Å². The third-order valence-electron chi connectivity index (χ3n) is 10.4. The number of carbonyl (C=O) groups excluding carboxylic acids is 3. The summed E-state index contributed by atoms with van der Waals surface area (Å²) in [5.41, 5.74) is 2.11. The van der Waals surface area contributed by atoms with E-state index in [0.29, 0.717) is 41.0 Å². The van der Waals surface area contributed by atoms with Crippen LogP contribution < -0.4 is 34.0 Å². The van der Waals surface area contributed by atoms with Gasteiger partial charge in [-0.15, -0.1) is 11.8 Å². The van der Waals surface area contributed by atoms with Crippen LogP contribution in [0.1, 0.15) is 29.7 Å². The molecule has 0 radical (unpaired) electrons. The van der Waals surface area contributed by atoms with E-state index in [4.69, 9.17) is 18.9 Å². The first-order valence-corrected chi connectivity index (χ1v) is 18.2. The van der Waals surface area contributed by atoms with Crippen LogP contribution in [0.2, 0.25) is 0 Å². The van der Waals surface area contributed by atoms with Gasteiger partial charge in [0, 0.05) is 21.7 Å². The second-order valence-corrected chi connectivity index (χ2v) is 15.1. The minimum absolute atomic E-state index is 0.00284. The van der Waals surface area contributed by atoms with E-state index in [0.717, 1.165) is 21.9 Å². The Bertz CT molecular complexity index is 2030. The molecule has 4 aliphatic rings. The highest BCUT2D eigenvalue weighted by atomic mass is 32.2. The summed E-state index contributed by atoms with van der Waals surface area (Å²) >= 11 is 2.84. The van der Waals surface area contributed by atoms with E-state index in [1.54, 1.807) is 80.6 Å². The number of fused-ring (bicyclic) bond motifs is 9. The Balaban J connectivity index is 1.08. The summed E-state index contributed by atoms with van der Waals surface area (Å²) in [5.74, 6) is 0.594. The lowest BCUT2D eigenvalue weighted by molar-refractivity contribution is -0.123. The molecular weight excluding hydrogens is 679 g/mol. The Kier molecular flexibility index (Phi) is 8.34. The number of imide groups is 1. The third kappa shape index (κ3) is 5.34. The van der Waals surface area contributed by atoms with Gasteiger partial charge in [-0.3, -0.25) is 24.1 Å². The Morgan fingerprint density at radius 1 is 0.880 bits per heavy atom. The van der Waals surface area contributed by atoms with Crippen LogP contribution in [0.4, 0.5) is 11.4 Å². The molecule has 3 amide bonds. The summed E-state index contributed by atoms with van der Waals surface area (Å²) < 4.78 is 22.5. The van der Waals surface area contributed by atoms with Crippen molar-refractivity contribution in [2.75, 3.05) is 37.7 Å². The Labute approximate surface area is 296 Å². The van der Waals surface area contributed by atoms with E-state index in [1.807, 2.05) is 19.1 Å². The molecule has 2 aliphatic carbocycles. The number of thioether (sulfide) groups is 1. The second kappa shape index (κ2) is 12.9. The minimum atomic E-state index is -0.422. The summed E-state index contributed by atoms with van der Waals surface area (Å²) in [4.78, 5) is 58.8. The van der Waals surface area contributed by atoms with Gasteiger partial charge in [0.05, 0.1) is 43.4 Å². The van der Waals surface area contributed by atoms with Gasteiger partial charge in [-0.05, 0) is 97.3 Å². The van der Waals surface area contributed by atoms with Crippen LogP contribution in [0, 0.1) is 29.6 Å². The molecule has 13 heteroatoms. The normalized spacial score (nSPS) is 25.9. The maximum Gasteiger partial charge on any atom is 0.305 e. The van der Waals surface area contributed by atoms with Crippen molar-refractivity contribution in [1.29, 1.82) is 0 Å². The third-order valence-corrected chi connectivity index (χ3v) is 13.0. The lowest BCUT2D eigenvalue weighted by Crippen LogP contribution is -2.42. The zero-order valence-corrected chi connectivity index (χ0v) is 29.2. The van der Waals surface area contributed by atoms with Crippen LogP contribution in [0.25, 0.3) is 0 Å². The molecule has 2 aliphatic heterocycles. The molecule has 1 aromatic heterocycles. The number of hydrogen-bond donors (Lipinski definition) is 2. The van der Waals surface area contributed by atoms with Gasteiger partial charge in [-0.2, -0.15) is 0 Å². The van der Waals surface area contributed by atoms with Gasteiger partial charge in [-0.25, -0.2) is 0 Å². The summed E-state index contributed by atoms with van der Waals surface area (Å²) in [7, 11) is 3.16. The van der Waals surface area contributed by atoms with Crippen molar-refractivity contribution in [3.63, 3.8) is 0 Å². The average Bonchev–Trinajstić information content (AvgIpc) is 3.87. The fourth-order valence-electron chi connectivity index (χ4n) is 8.50. The minimum Gasteiger partial charge on any atom is -0.497 e. The highest BCUT2D eigenvalue weighted by Crippen LogP contribution is 2.68. The zero-order valence-electron chi connectivity index (χ0n) is 27.5. The van der Waals surface area contributed by atoms with Crippen LogP contribution in [-0.4, -0.2) is 55.4 Å². The summed E-state index contributed by atoms with van der Waals surface area (Å²) in [6.45, 7) is 2.02. The fourth-order valence-corrected chi connectivity index (χ4v) is 11.4. The van der Waals surface area contributed by atoms with E-state index < -0.39 is 11.8 Å². The highest BCUT2D eigenvalue weighted by Gasteiger charge is 2.69. The van der Waals surface area contributed by atoms with Gasteiger partial charge in [-0.1, -0.05) is 17.4 Å². The van der Waals surface area contributed by atoms with Crippen LogP contribution in [0.15, 0.2) is 76.6 Å². The number of anilines is 2. The number of H-pyrrole nitrogens is 1. The SMILES string of the molecule is CCOc1cc([C@H]2c3sc(=O)[nH]c3SC3C2[C@H]2C[C@@H]3C3C(=O)N(c4ccc(OC)cc4)C(=O)C32)ccc1OCC(=O)Nc1ccc(OC)cc1. The highest BCUT2D eigenvalue weighted by molar-refractivity contribution is 8.00. The van der Waals surface area contributed by atoms with Gasteiger partial charge in [0.15, 0.2) is 18.1 Å². The first-order valence-electron chi connectivity index (χ1n) is 16.5. The van der Waals surface area contributed by atoms with Crippen molar-refractivity contribution in [3.05, 3.63) is 86.8 Å². The van der Waals surface area contributed by atoms with Gasteiger partial charge in [0.2, 0.25) is 11.8 Å². The number of hydrogen-bond acceptors (Lipinski definition) is 10. The summed E-state index contributed by atoms with van der Waals surface area (Å²) in [6.07, 6.45) is 0.782. The average molecular weight is 714 g/mol. The van der Waals surface area contributed by atoms with Crippen molar-refractivity contribution in [1.82, 2.24) is 4.98 Å². The zero-order chi connectivity index (χ0) is 34.7. The van der Waals surface area contributed by atoms with Crippen molar-refractivity contribution >= 4 is 52.2 Å². The summed E-state index contributed by atoms with van der Waals surface area (Å²) in [5, 5.41) is 3.69. The number of rotatable bonds is 10. The van der Waals surface area contributed by atoms with Crippen LogP contribution in [0.3, 0.4) is 0 Å². The standard InChI is InChI=1S/C37H35N3O8S2/c1-4-47-26-15-18(5-14-25(26)48-17-27(41)38-19-6-10-21(45-2)11-7-19)28-29-23-16-24(32(29)49-34-33(28)50-37(44)39-34)31-30(23)35(42)40(36(31)43)20-8-12-22(46-3)13-9-20/h5-15,23-24,28-32H,4,16-17H2,1-3H3,(H,38,41)(H,39,44)/t23-,24-,28-,29?,30?,31?,32?/m1/s1. The number of amides is 3. The predicted octanol–water partition coefficient (Wildman–Crippen LogP) is 5.55. The first kappa shape index (κ1) is 32.5. The number of aromatic amines is 1. The van der Waals surface area contributed by atoms with E-state index in [9.17, 15) is 19.2 Å². The van der Waals surface area contributed by atoms with Crippen LogP contribution >= 0.6 is 23.1 Å². The number of thiazole rings is 1. The molecular formula is C37H35N3O8S2. The van der Waals surface area contributed by atoms with E-state index in [1.165, 1.54) is 16.2 Å². The Hall–Kier alpha value is -4.75. The molecule has 0 spiro atoms. The number of benzene rings is 3. The van der Waals surface area contributed by atoms with Crippen LogP contribution in [0.5, 0.6) is 23.0 Å². The number of ether oxygens (including phenoxy) is 4. The topological polar surface area (TPSA) is 136 Å². The molecule has 258 valence electrons. The molecule has 1 saturated heterocycles. The number of nitrogens with one attached hydrogen (secondary N) is 2. The molecule has 3 heterocycles. The second-order valence-electron chi connectivity index (χ2n) is 12.9. The molecule has 3 fully saturated rings. The molecule has 2 N–H and O–H groups in total. The Morgan fingerprint density at radius 3 is 2.24 bits per heavy atom. The van der Waals surface area contributed by atoms with Crippen molar-refractivity contribution in [3.8, 4) is 23.0 Å². The molecule has 2 saturated carbocycles. The largest absolute Gasteiger partial charge is 0.497 e. The molecule has 2 bridgehead atoms. The first-order chi connectivity index (χ1) is 24.3. The number of nitrogens with zero attached hydrogens (tertiary/aromatic N) is 1. The molecule has 8 rings (SSSR count). The van der Waals surface area contributed by atoms with E-state index in [2.05, 4.69) is 10.3 Å². The monoisotopic (exact) mass is 713 g/mol. The van der Waals surface area contributed by atoms with Crippen molar-refractivity contribution in [2.45, 2.75) is 29.5 Å². The molecule has 7 atom stereocenters. The van der Waals surface area contributed by atoms with Crippen molar-refractivity contribution < 1.29 is 33.3 Å². The lowest BCUT2D eigenvalue weighted by atomic mass is 9.68. The van der Waals surface area contributed by atoms with Gasteiger partial charge in [0.25, 0.3) is 5.91 Å². The molecule has 4 aromatic rings. The number of methoxy groups -OCH3 is 2. The van der Waals surface area contributed by atoms with Gasteiger partial charge >= 0.3 is 4.87 Å². The van der Waals surface area contributed by atoms with Crippen LogP contribution in [-0.2, 0) is 14.4 Å².